The molecule has 0 spiro atoms. The van der Waals surface area contributed by atoms with Crippen LogP contribution >= 0.6 is 0 Å². The Hall–Kier alpha value is -0.130. The van der Waals surface area contributed by atoms with Crippen molar-refractivity contribution in [1.29, 1.82) is 0 Å². The predicted octanol–water partition coefficient (Wildman–Crippen LogP) is 1.58. The number of sulfonamides is 1. The van der Waals surface area contributed by atoms with Gasteiger partial charge in [-0.05, 0) is 44.6 Å². The first-order chi connectivity index (χ1) is 8.55. The Kier molecular flexibility index (Phi) is 4.67. The Morgan fingerprint density at radius 1 is 1.17 bits per heavy atom. The Balaban J connectivity index is 1.96. The van der Waals surface area contributed by atoms with Crippen LogP contribution in [0.25, 0.3) is 0 Å². The smallest absolute Gasteiger partial charge is 0.218 e. The van der Waals surface area contributed by atoms with Gasteiger partial charge in [0.1, 0.15) is 0 Å². The van der Waals surface area contributed by atoms with Crippen molar-refractivity contribution >= 4 is 10.0 Å². The molecule has 1 aliphatic heterocycles. The third kappa shape index (κ3) is 2.89. The van der Waals surface area contributed by atoms with Crippen LogP contribution in [-0.2, 0) is 10.0 Å². The lowest BCUT2D eigenvalue weighted by Gasteiger charge is -2.34. The summed E-state index contributed by atoms with van der Waals surface area (Å²) in [6.07, 6.45) is 6.43. The van der Waals surface area contributed by atoms with Gasteiger partial charge in [0, 0.05) is 19.6 Å². The van der Waals surface area contributed by atoms with Gasteiger partial charge in [0.2, 0.25) is 10.0 Å². The van der Waals surface area contributed by atoms with Gasteiger partial charge in [-0.15, -0.1) is 0 Å². The maximum atomic E-state index is 12.5. The van der Waals surface area contributed by atoms with E-state index in [1.165, 1.54) is 19.3 Å². The molecule has 0 aromatic carbocycles. The molecule has 1 saturated heterocycles. The van der Waals surface area contributed by atoms with Gasteiger partial charge in [0.15, 0.2) is 0 Å². The number of rotatable bonds is 4. The number of hydrogen-bond acceptors (Lipinski definition) is 3. The molecule has 1 saturated carbocycles. The Labute approximate surface area is 111 Å². The summed E-state index contributed by atoms with van der Waals surface area (Å²) < 4.78 is 26.6. The van der Waals surface area contributed by atoms with Gasteiger partial charge >= 0.3 is 0 Å². The topological polar surface area (TPSA) is 49.4 Å². The van der Waals surface area contributed by atoms with Crippen molar-refractivity contribution in [2.45, 2.75) is 56.7 Å². The zero-order valence-corrected chi connectivity index (χ0v) is 12.4. The monoisotopic (exact) mass is 274 g/mol. The summed E-state index contributed by atoms with van der Waals surface area (Å²) in [5.74, 6) is 0.811. The molecule has 106 valence electrons. The van der Waals surface area contributed by atoms with Crippen molar-refractivity contribution in [2.24, 2.45) is 5.92 Å². The van der Waals surface area contributed by atoms with E-state index in [0.717, 1.165) is 31.7 Å². The Morgan fingerprint density at radius 3 is 2.33 bits per heavy atom. The van der Waals surface area contributed by atoms with Crippen LogP contribution in [0.4, 0.5) is 0 Å². The van der Waals surface area contributed by atoms with E-state index >= 15 is 0 Å². The second-order valence-corrected chi connectivity index (χ2v) is 8.03. The fraction of sp³-hybridized carbons (Fsp3) is 1.00. The van der Waals surface area contributed by atoms with Crippen LogP contribution in [0.5, 0.6) is 0 Å². The predicted molar refractivity (Wildman–Crippen MR) is 74.0 cm³/mol. The lowest BCUT2D eigenvalue weighted by atomic mass is 9.85. The molecule has 1 N–H and O–H groups in total. The third-order valence-electron chi connectivity index (χ3n) is 4.75. The summed E-state index contributed by atoms with van der Waals surface area (Å²) in [6.45, 7) is 3.69. The molecule has 4 nitrogen and oxygen atoms in total. The highest BCUT2D eigenvalue weighted by molar-refractivity contribution is 7.89. The first-order valence-electron chi connectivity index (χ1n) is 7.23. The lowest BCUT2D eigenvalue weighted by molar-refractivity contribution is 0.231. The highest BCUT2D eigenvalue weighted by Gasteiger charge is 2.36. The van der Waals surface area contributed by atoms with Crippen molar-refractivity contribution in [1.82, 2.24) is 9.62 Å². The lowest BCUT2D eigenvalue weighted by Crippen LogP contribution is -2.44. The van der Waals surface area contributed by atoms with Crippen LogP contribution in [-0.4, -0.2) is 44.2 Å². The largest absolute Gasteiger partial charge is 0.315 e. The van der Waals surface area contributed by atoms with Crippen LogP contribution < -0.4 is 5.32 Å². The molecule has 0 bridgehead atoms. The molecular formula is C13H26N2O2S. The fourth-order valence-corrected chi connectivity index (χ4v) is 5.08. The van der Waals surface area contributed by atoms with Gasteiger partial charge in [-0.1, -0.05) is 13.3 Å². The Bertz CT molecular complexity index is 355. The number of nitrogens with one attached hydrogen (secondary N) is 1. The fourth-order valence-electron chi connectivity index (χ4n) is 3.24. The maximum absolute atomic E-state index is 12.5. The van der Waals surface area contributed by atoms with E-state index in [1.54, 1.807) is 11.4 Å². The molecule has 2 fully saturated rings. The Morgan fingerprint density at radius 2 is 1.83 bits per heavy atom. The van der Waals surface area contributed by atoms with E-state index in [2.05, 4.69) is 12.2 Å². The molecule has 1 atom stereocenters. The molecule has 5 heteroatoms. The van der Waals surface area contributed by atoms with Crippen molar-refractivity contribution < 1.29 is 8.42 Å². The van der Waals surface area contributed by atoms with Gasteiger partial charge < -0.3 is 5.32 Å². The summed E-state index contributed by atoms with van der Waals surface area (Å²) in [5, 5.41) is 2.94. The molecule has 1 unspecified atom stereocenters. The molecule has 2 rings (SSSR count). The summed E-state index contributed by atoms with van der Waals surface area (Å²) in [4.78, 5) is 0. The quantitative estimate of drug-likeness (QED) is 0.847. The van der Waals surface area contributed by atoms with Gasteiger partial charge in [0.25, 0.3) is 0 Å². The van der Waals surface area contributed by atoms with Gasteiger partial charge in [-0.2, -0.15) is 0 Å². The SMILES string of the molecule is CCC1CCC(N(C)S(=O)(=O)C2CCNC2)CC1. The van der Waals surface area contributed by atoms with E-state index in [9.17, 15) is 8.42 Å². The van der Waals surface area contributed by atoms with Gasteiger partial charge in [-0.25, -0.2) is 12.7 Å². The number of nitrogens with zero attached hydrogens (tertiary/aromatic N) is 1. The molecule has 0 aromatic rings. The highest BCUT2D eigenvalue weighted by Crippen LogP contribution is 2.31. The van der Waals surface area contributed by atoms with E-state index < -0.39 is 10.0 Å². The minimum atomic E-state index is -3.09. The number of hydrogen-bond donors (Lipinski definition) is 1. The zero-order valence-electron chi connectivity index (χ0n) is 11.6. The highest BCUT2D eigenvalue weighted by atomic mass is 32.2. The van der Waals surface area contributed by atoms with Gasteiger partial charge in [-0.3, -0.25) is 0 Å². The zero-order chi connectivity index (χ0) is 13.2. The molecule has 1 aliphatic carbocycles. The first kappa shape index (κ1) is 14.3. The van der Waals surface area contributed by atoms with Gasteiger partial charge in [0.05, 0.1) is 5.25 Å². The average molecular weight is 274 g/mol. The second-order valence-electron chi connectivity index (χ2n) is 5.76. The van der Waals surface area contributed by atoms with Crippen LogP contribution in [0.2, 0.25) is 0 Å². The van der Waals surface area contributed by atoms with Crippen molar-refractivity contribution in [3.63, 3.8) is 0 Å². The van der Waals surface area contributed by atoms with E-state index in [1.807, 2.05) is 0 Å². The van der Waals surface area contributed by atoms with Crippen molar-refractivity contribution in [3.8, 4) is 0 Å². The van der Waals surface area contributed by atoms with Crippen molar-refractivity contribution in [2.75, 3.05) is 20.1 Å². The average Bonchev–Trinajstić information content (AvgIpc) is 2.92. The molecule has 0 amide bonds. The summed E-state index contributed by atoms with van der Waals surface area (Å²) >= 11 is 0. The van der Waals surface area contributed by atoms with Crippen LogP contribution in [0.15, 0.2) is 0 Å². The molecule has 0 aromatic heterocycles. The standard InChI is InChI=1S/C13H26N2O2S/c1-3-11-4-6-12(7-5-11)15(2)18(16,17)13-8-9-14-10-13/h11-14H,3-10H2,1-2H3. The molecule has 2 aliphatic rings. The molecule has 1 heterocycles. The summed E-state index contributed by atoms with van der Waals surface area (Å²) in [5.41, 5.74) is 0. The van der Waals surface area contributed by atoms with Crippen molar-refractivity contribution in [3.05, 3.63) is 0 Å². The van der Waals surface area contributed by atoms with Crippen LogP contribution in [0.1, 0.15) is 45.4 Å². The van der Waals surface area contributed by atoms with E-state index in [-0.39, 0.29) is 11.3 Å². The first-order valence-corrected chi connectivity index (χ1v) is 8.73. The summed E-state index contributed by atoms with van der Waals surface area (Å²) in [6, 6.07) is 0.235. The molecule has 18 heavy (non-hydrogen) atoms. The maximum Gasteiger partial charge on any atom is 0.218 e. The molecule has 0 radical (unpaired) electrons. The minimum Gasteiger partial charge on any atom is -0.315 e. The second kappa shape index (κ2) is 5.88. The summed E-state index contributed by atoms with van der Waals surface area (Å²) in [7, 11) is -1.31. The van der Waals surface area contributed by atoms with Crippen LogP contribution in [0, 0.1) is 5.92 Å². The van der Waals surface area contributed by atoms with E-state index in [4.69, 9.17) is 0 Å². The minimum absolute atomic E-state index is 0.202. The van der Waals surface area contributed by atoms with E-state index in [0.29, 0.717) is 6.54 Å². The van der Waals surface area contributed by atoms with Crippen LogP contribution in [0.3, 0.4) is 0 Å². The normalized spacial score (nSPS) is 34.1. The molecular weight excluding hydrogens is 248 g/mol. The third-order valence-corrected chi connectivity index (χ3v) is 7.09.